The molecule has 0 amide bonds. The van der Waals surface area contributed by atoms with Gasteiger partial charge >= 0.3 is 0 Å². The van der Waals surface area contributed by atoms with E-state index >= 15 is 0 Å². The van der Waals surface area contributed by atoms with Crippen LogP contribution in [0.2, 0.25) is 5.02 Å². The quantitative estimate of drug-likeness (QED) is 0.817. The first-order chi connectivity index (χ1) is 5.91. The second-order valence-corrected chi connectivity index (χ2v) is 6.30. The molecule has 1 atom stereocenters. The van der Waals surface area contributed by atoms with Crippen molar-refractivity contribution in [1.29, 1.82) is 0 Å². The number of aliphatic hydroxyl groups excluding tert-OH is 1. The molecule has 1 aromatic carbocycles. The van der Waals surface area contributed by atoms with Crippen LogP contribution in [0.25, 0.3) is 0 Å². The highest BCUT2D eigenvalue weighted by Gasteiger charge is 2.32. The summed E-state index contributed by atoms with van der Waals surface area (Å²) in [5, 5.41) is 9.98. The summed E-state index contributed by atoms with van der Waals surface area (Å²) < 4.78 is 11.1. The molecule has 0 aliphatic rings. The maximum Gasteiger partial charge on any atom is 0.248 e. The minimum absolute atomic E-state index is 0.445. The van der Waals surface area contributed by atoms with E-state index in [4.69, 9.17) is 11.6 Å². The van der Waals surface area contributed by atoms with Crippen LogP contribution < -0.4 is 0 Å². The van der Waals surface area contributed by atoms with Crippen molar-refractivity contribution in [2.24, 2.45) is 0 Å². The third-order valence-corrected chi connectivity index (χ3v) is 2.62. The molecule has 13 heavy (non-hydrogen) atoms. The van der Waals surface area contributed by atoms with Crippen molar-refractivity contribution in [3.05, 3.63) is 34.9 Å². The third-order valence-electron chi connectivity index (χ3n) is 1.50. The highest BCUT2D eigenvalue weighted by atomic mass is 79.9. The molecule has 0 heterocycles. The SMILES string of the molecule is OC(c1ccc(Cl)cc1)C(F)(Br)Br. The number of aliphatic hydroxyl groups is 1. The molecule has 1 unspecified atom stereocenters. The zero-order valence-electron chi connectivity index (χ0n) is 6.35. The number of hydrogen-bond donors (Lipinski definition) is 1. The molecule has 0 aromatic heterocycles. The lowest BCUT2D eigenvalue weighted by Gasteiger charge is -2.18. The number of hydrogen-bond acceptors (Lipinski definition) is 1. The minimum Gasteiger partial charge on any atom is -0.383 e. The molecule has 1 aromatic rings. The first-order valence-corrected chi connectivity index (χ1v) is 5.38. The lowest BCUT2D eigenvalue weighted by Crippen LogP contribution is -2.16. The van der Waals surface area contributed by atoms with E-state index in [1.54, 1.807) is 24.3 Å². The Morgan fingerprint density at radius 2 is 1.77 bits per heavy atom. The van der Waals surface area contributed by atoms with Gasteiger partial charge in [0.15, 0.2) is 0 Å². The predicted octanol–water partition coefficient (Wildman–Crippen LogP) is 3.79. The van der Waals surface area contributed by atoms with Gasteiger partial charge in [-0.3, -0.25) is 0 Å². The summed E-state index contributed by atoms with van der Waals surface area (Å²) >= 11 is 11.0. The highest BCUT2D eigenvalue weighted by molar-refractivity contribution is 9.25. The van der Waals surface area contributed by atoms with Crippen molar-refractivity contribution >= 4 is 43.5 Å². The fourth-order valence-corrected chi connectivity index (χ4v) is 1.49. The van der Waals surface area contributed by atoms with Gasteiger partial charge in [-0.2, -0.15) is 0 Å². The molecule has 5 heteroatoms. The van der Waals surface area contributed by atoms with Crippen molar-refractivity contribution in [2.75, 3.05) is 0 Å². The van der Waals surface area contributed by atoms with E-state index in [0.717, 1.165) is 0 Å². The predicted molar refractivity (Wildman–Crippen MR) is 58.1 cm³/mol. The number of alkyl halides is 3. The molecule has 0 bridgehead atoms. The van der Waals surface area contributed by atoms with E-state index < -0.39 is 9.59 Å². The number of benzene rings is 1. The number of rotatable bonds is 2. The van der Waals surface area contributed by atoms with Gasteiger partial charge in [0.25, 0.3) is 0 Å². The van der Waals surface area contributed by atoms with Crippen molar-refractivity contribution < 1.29 is 9.50 Å². The van der Waals surface area contributed by atoms with Crippen molar-refractivity contribution in [3.63, 3.8) is 0 Å². The minimum atomic E-state index is -2.01. The fourth-order valence-electron chi connectivity index (χ4n) is 0.834. The summed E-state index contributed by atoms with van der Waals surface area (Å²) in [6.45, 7) is 0. The van der Waals surface area contributed by atoms with Gasteiger partial charge in [0.1, 0.15) is 6.10 Å². The van der Waals surface area contributed by atoms with Gasteiger partial charge in [-0.25, -0.2) is 4.39 Å². The van der Waals surface area contributed by atoms with Gasteiger partial charge in [0.05, 0.1) is 0 Å². The first kappa shape index (κ1) is 11.4. The Morgan fingerprint density at radius 3 is 2.15 bits per heavy atom. The summed E-state index contributed by atoms with van der Waals surface area (Å²) in [6.07, 6.45) is -1.27. The third kappa shape index (κ3) is 3.20. The molecule has 0 fully saturated rings. The van der Waals surface area contributed by atoms with E-state index in [0.29, 0.717) is 10.6 Å². The Kier molecular flexibility index (Phi) is 3.74. The van der Waals surface area contributed by atoms with E-state index in [-0.39, 0.29) is 0 Å². The smallest absolute Gasteiger partial charge is 0.248 e. The maximum absolute atomic E-state index is 13.1. The average molecular weight is 332 g/mol. The van der Waals surface area contributed by atoms with Crippen LogP contribution in [-0.4, -0.2) is 8.59 Å². The van der Waals surface area contributed by atoms with Crippen LogP contribution in [0.3, 0.4) is 0 Å². The van der Waals surface area contributed by atoms with Crippen LogP contribution in [0.4, 0.5) is 4.39 Å². The van der Waals surface area contributed by atoms with Crippen molar-refractivity contribution in [1.82, 2.24) is 0 Å². The van der Waals surface area contributed by atoms with Crippen LogP contribution in [0.1, 0.15) is 11.7 Å². The first-order valence-electron chi connectivity index (χ1n) is 3.41. The fraction of sp³-hybridized carbons (Fsp3) is 0.250. The van der Waals surface area contributed by atoms with Crippen LogP contribution in [0.15, 0.2) is 24.3 Å². The standard InChI is InChI=1S/C8H6Br2ClFO/c9-8(10,12)7(13)5-1-3-6(11)4-2-5/h1-4,7,13H. The van der Waals surface area contributed by atoms with Gasteiger partial charge in [0, 0.05) is 5.02 Å². The molecular formula is C8H6Br2ClFO. The summed E-state index contributed by atoms with van der Waals surface area (Å²) in [5.41, 5.74) is 0.445. The van der Waals surface area contributed by atoms with Crippen LogP contribution in [0.5, 0.6) is 0 Å². The Balaban J connectivity index is 2.90. The van der Waals surface area contributed by atoms with Crippen molar-refractivity contribution in [2.45, 2.75) is 9.59 Å². The zero-order chi connectivity index (χ0) is 10.1. The summed E-state index contributed by atoms with van der Waals surface area (Å²) in [5.74, 6) is 0. The molecule has 0 spiro atoms. The normalized spacial score (nSPS) is 14.2. The second kappa shape index (κ2) is 4.26. The van der Waals surface area contributed by atoms with Gasteiger partial charge in [-0.05, 0) is 49.6 Å². The van der Waals surface area contributed by atoms with E-state index in [1.807, 2.05) is 0 Å². The van der Waals surface area contributed by atoms with Gasteiger partial charge in [0.2, 0.25) is 3.49 Å². The van der Waals surface area contributed by atoms with Crippen LogP contribution in [-0.2, 0) is 0 Å². The molecule has 0 aliphatic heterocycles. The lowest BCUT2D eigenvalue weighted by atomic mass is 10.1. The van der Waals surface area contributed by atoms with E-state index in [2.05, 4.69) is 31.9 Å². The largest absolute Gasteiger partial charge is 0.383 e. The summed E-state index contributed by atoms with van der Waals surface area (Å²) in [4.78, 5) is 0. The number of halogens is 4. The van der Waals surface area contributed by atoms with Gasteiger partial charge in [-0.15, -0.1) is 0 Å². The lowest BCUT2D eigenvalue weighted by molar-refractivity contribution is 0.114. The van der Waals surface area contributed by atoms with Crippen LogP contribution >= 0.6 is 43.5 Å². The summed E-state index contributed by atoms with van der Waals surface area (Å²) in [7, 11) is 0. The Labute approximate surface area is 97.2 Å². The molecule has 0 saturated carbocycles. The van der Waals surface area contributed by atoms with Gasteiger partial charge in [-0.1, -0.05) is 23.7 Å². The molecule has 1 N–H and O–H groups in total. The molecular weight excluding hydrogens is 326 g/mol. The summed E-state index contributed by atoms with van der Waals surface area (Å²) in [6, 6.07) is 6.30. The molecule has 0 aliphatic carbocycles. The highest BCUT2D eigenvalue weighted by Crippen LogP contribution is 2.40. The topological polar surface area (TPSA) is 20.2 Å². The van der Waals surface area contributed by atoms with E-state index in [1.165, 1.54) is 0 Å². The Morgan fingerprint density at radius 1 is 1.31 bits per heavy atom. The molecule has 1 rings (SSSR count). The molecule has 1 nitrogen and oxygen atoms in total. The zero-order valence-corrected chi connectivity index (χ0v) is 10.3. The average Bonchev–Trinajstić information content (AvgIpc) is 2.03. The second-order valence-electron chi connectivity index (χ2n) is 2.50. The molecule has 72 valence electrons. The maximum atomic E-state index is 13.1. The Hall–Kier alpha value is 0.360. The molecule has 0 radical (unpaired) electrons. The van der Waals surface area contributed by atoms with Crippen molar-refractivity contribution in [3.8, 4) is 0 Å². The monoisotopic (exact) mass is 330 g/mol. The van der Waals surface area contributed by atoms with Crippen LogP contribution in [0, 0.1) is 0 Å². The van der Waals surface area contributed by atoms with E-state index in [9.17, 15) is 9.50 Å². The molecule has 0 saturated heterocycles. The van der Waals surface area contributed by atoms with Gasteiger partial charge < -0.3 is 5.11 Å². The Bertz CT molecular complexity index is 283.